The van der Waals surface area contributed by atoms with Gasteiger partial charge < -0.3 is 4.98 Å². The van der Waals surface area contributed by atoms with E-state index in [1.165, 1.54) is 4.88 Å². The summed E-state index contributed by atoms with van der Waals surface area (Å²) in [5.41, 5.74) is 5.60. The molecule has 0 saturated carbocycles. The van der Waals surface area contributed by atoms with Crippen molar-refractivity contribution < 1.29 is 4.39 Å². The Kier molecular flexibility index (Phi) is 4.16. The third kappa shape index (κ3) is 2.84. The first kappa shape index (κ1) is 18.8. The Morgan fingerprint density at radius 1 is 0.938 bits per heavy atom. The van der Waals surface area contributed by atoms with Crippen molar-refractivity contribution in [2.75, 3.05) is 0 Å². The molecule has 0 bridgehead atoms. The predicted molar refractivity (Wildman–Crippen MR) is 125 cm³/mol. The van der Waals surface area contributed by atoms with Crippen molar-refractivity contribution in [2.24, 2.45) is 0 Å². The zero-order valence-electron chi connectivity index (χ0n) is 17.3. The smallest absolute Gasteiger partial charge is 0.178 e. The Hall–Kier alpha value is -3.91. The van der Waals surface area contributed by atoms with E-state index in [1.807, 2.05) is 25.1 Å². The van der Waals surface area contributed by atoms with Gasteiger partial charge in [-0.05, 0) is 55.8 Å². The standard InChI is InChI=1S/C24H17FN6S/c1-12-7-9-26-11-16(12)14-4-5-17-19(20(14)25)22(31-30-17)24-28-21-15(8-10-27-23(21)29-24)18-6-3-13(2)32-18/h3-11H,1-2H3,(H,30,31)(H,27,28,29). The molecule has 0 aliphatic carbocycles. The van der Waals surface area contributed by atoms with Crippen LogP contribution < -0.4 is 0 Å². The molecule has 2 N–H and O–H groups in total. The van der Waals surface area contributed by atoms with E-state index in [1.54, 1.807) is 36.0 Å². The van der Waals surface area contributed by atoms with Crippen molar-refractivity contribution >= 4 is 33.4 Å². The van der Waals surface area contributed by atoms with Crippen LogP contribution in [0.5, 0.6) is 0 Å². The number of pyridine rings is 2. The normalized spacial score (nSPS) is 11.6. The summed E-state index contributed by atoms with van der Waals surface area (Å²) in [5, 5.41) is 7.70. The summed E-state index contributed by atoms with van der Waals surface area (Å²) in [4.78, 5) is 18.9. The highest BCUT2D eigenvalue weighted by molar-refractivity contribution is 7.15. The van der Waals surface area contributed by atoms with Crippen molar-refractivity contribution in [3.8, 4) is 33.1 Å². The van der Waals surface area contributed by atoms with Gasteiger partial charge >= 0.3 is 0 Å². The first-order chi connectivity index (χ1) is 15.6. The second-order valence-corrected chi connectivity index (χ2v) is 8.95. The summed E-state index contributed by atoms with van der Waals surface area (Å²) in [5.74, 6) is 0.114. The Bertz CT molecular complexity index is 1630. The van der Waals surface area contributed by atoms with Crippen molar-refractivity contribution in [1.29, 1.82) is 0 Å². The number of aryl methyl sites for hydroxylation is 2. The van der Waals surface area contributed by atoms with Gasteiger partial charge in [0.1, 0.15) is 11.5 Å². The third-order valence-corrected chi connectivity index (χ3v) is 6.65. The van der Waals surface area contributed by atoms with E-state index in [4.69, 9.17) is 0 Å². The number of halogens is 1. The van der Waals surface area contributed by atoms with Crippen LogP contribution in [0.2, 0.25) is 0 Å². The van der Waals surface area contributed by atoms with E-state index in [9.17, 15) is 0 Å². The summed E-state index contributed by atoms with van der Waals surface area (Å²) in [6.07, 6.45) is 5.12. The molecule has 6 aromatic rings. The summed E-state index contributed by atoms with van der Waals surface area (Å²) in [7, 11) is 0. The van der Waals surface area contributed by atoms with Crippen molar-refractivity contribution in [3.63, 3.8) is 0 Å². The van der Waals surface area contributed by atoms with Crippen LogP contribution in [0.4, 0.5) is 4.39 Å². The highest BCUT2D eigenvalue weighted by Crippen LogP contribution is 2.36. The Balaban J connectivity index is 1.56. The number of nitrogens with zero attached hydrogens (tertiary/aromatic N) is 4. The molecule has 0 aliphatic heterocycles. The minimum Gasteiger partial charge on any atom is -0.335 e. The van der Waals surface area contributed by atoms with Crippen LogP contribution >= 0.6 is 11.3 Å². The summed E-state index contributed by atoms with van der Waals surface area (Å²) >= 11 is 1.71. The fourth-order valence-electron chi connectivity index (χ4n) is 4.01. The number of hydrogen-bond donors (Lipinski definition) is 2. The molecule has 5 aromatic heterocycles. The van der Waals surface area contributed by atoms with E-state index in [2.05, 4.69) is 49.2 Å². The average Bonchev–Trinajstić information content (AvgIpc) is 3.52. The lowest BCUT2D eigenvalue weighted by atomic mass is 10.00. The molecule has 156 valence electrons. The van der Waals surface area contributed by atoms with Gasteiger partial charge in [0.15, 0.2) is 11.5 Å². The van der Waals surface area contributed by atoms with Crippen LogP contribution in [0.15, 0.2) is 55.0 Å². The van der Waals surface area contributed by atoms with Crippen molar-refractivity contribution in [2.45, 2.75) is 13.8 Å². The van der Waals surface area contributed by atoms with Gasteiger partial charge in [0.25, 0.3) is 0 Å². The fourth-order valence-corrected chi connectivity index (χ4v) is 4.90. The van der Waals surface area contributed by atoms with Gasteiger partial charge in [-0.3, -0.25) is 10.1 Å². The second kappa shape index (κ2) is 7.06. The molecule has 32 heavy (non-hydrogen) atoms. The van der Waals surface area contributed by atoms with Gasteiger partial charge in [0, 0.05) is 45.0 Å². The van der Waals surface area contributed by atoms with Crippen molar-refractivity contribution in [3.05, 3.63) is 71.2 Å². The van der Waals surface area contributed by atoms with Gasteiger partial charge in [-0.15, -0.1) is 11.3 Å². The molecule has 5 heterocycles. The highest BCUT2D eigenvalue weighted by atomic mass is 32.1. The second-order valence-electron chi connectivity index (χ2n) is 7.67. The number of H-pyrrole nitrogens is 2. The van der Waals surface area contributed by atoms with Gasteiger partial charge in [0.2, 0.25) is 0 Å². The van der Waals surface area contributed by atoms with Gasteiger partial charge in [0.05, 0.1) is 16.4 Å². The fraction of sp³-hybridized carbons (Fsp3) is 0.0833. The molecule has 0 unspecified atom stereocenters. The zero-order valence-corrected chi connectivity index (χ0v) is 18.1. The Morgan fingerprint density at radius 3 is 2.66 bits per heavy atom. The number of imidazole rings is 1. The quantitative estimate of drug-likeness (QED) is 0.351. The molecule has 0 fully saturated rings. The van der Waals surface area contributed by atoms with Crippen LogP contribution in [0.3, 0.4) is 0 Å². The highest BCUT2D eigenvalue weighted by Gasteiger charge is 2.21. The molecular weight excluding hydrogens is 423 g/mol. The minimum absolute atomic E-state index is 0.357. The summed E-state index contributed by atoms with van der Waals surface area (Å²) < 4.78 is 15.8. The van der Waals surface area contributed by atoms with Crippen LogP contribution in [-0.4, -0.2) is 30.1 Å². The number of fused-ring (bicyclic) bond motifs is 2. The van der Waals surface area contributed by atoms with Gasteiger partial charge in [-0.1, -0.05) is 0 Å². The number of aromatic nitrogens is 6. The van der Waals surface area contributed by atoms with E-state index in [0.717, 1.165) is 27.1 Å². The Morgan fingerprint density at radius 2 is 1.84 bits per heavy atom. The molecule has 0 aliphatic rings. The van der Waals surface area contributed by atoms with E-state index in [-0.39, 0.29) is 5.82 Å². The Labute approximate surface area is 186 Å². The largest absolute Gasteiger partial charge is 0.335 e. The van der Waals surface area contributed by atoms with E-state index >= 15 is 4.39 Å². The van der Waals surface area contributed by atoms with E-state index < -0.39 is 0 Å². The molecule has 0 radical (unpaired) electrons. The molecule has 1 aromatic carbocycles. The number of nitrogens with one attached hydrogen (secondary N) is 2. The topological polar surface area (TPSA) is 83.1 Å². The van der Waals surface area contributed by atoms with Gasteiger partial charge in [-0.2, -0.15) is 5.10 Å². The maximum Gasteiger partial charge on any atom is 0.178 e. The number of rotatable bonds is 3. The molecule has 0 atom stereocenters. The number of hydrogen-bond acceptors (Lipinski definition) is 5. The molecule has 0 spiro atoms. The summed E-state index contributed by atoms with van der Waals surface area (Å²) in [6.45, 7) is 4.01. The first-order valence-corrected chi connectivity index (χ1v) is 10.9. The first-order valence-electron chi connectivity index (χ1n) is 10.1. The number of benzene rings is 1. The SMILES string of the molecule is Cc1ccc(-c2ccnc3nc(-c4n[nH]c5ccc(-c6cnccc6C)c(F)c45)[nH]c23)s1. The number of thiophene rings is 1. The predicted octanol–water partition coefficient (Wildman–Crippen LogP) is 6.05. The van der Waals surface area contributed by atoms with E-state index in [0.29, 0.717) is 33.6 Å². The number of aromatic amines is 2. The van der Waals surface area contributed by atoms with Crippen LogP contribution in [0.25, 0.3) is 55.2 Å². The molecule has 6 nitrogen and oxygen atoms in total. The maximum absolute atomic E-state index is 15.8. The average molecular weight is 441 g/mol. The molecule has 6 rings (SSSR count). The van der Waals surface area contributed by atoms with Crippen LogP contribution in [0, 0.1) is 19.7 Å². The third-order valence-electron chi connectivity index (χ3n) is 5.62. The lowest BCUT2D eigenvalue weighted by molar-refractivity contribution is 0.643. The van der Waals surface area contributed by atoms with Crippen molar-refractivity contribution in [1.82, 2.24) is 30.1 Å². The maximum atomic E-state index is 15.8. The molecule has 0 saturated heterocycles. The minimum atomic E-state index is -0.357. The van der Waals surface area contributed by atoms with Gasteiger partial charge in [-0.25, -0.2) is 14.4 Å². The lowest BCUT2D eigenvalue weighted by Gasteiger charge is -2.07. The monoisotopic (exact) mass is 440 g/mol. The summed E-state index contributed by atoms with van der Waals surface area (Å²) in [6, 6.07) is 11.6. The van der Waals surface area contributed by atoms with Crippen LogP contribution in [0.1, 0.15) is 10.4 Å². The molecule has 0 amide bonds. The molecule has 8 heteroatoms. The van der Waals surface area contributed by atoms with Crippen LogP contribution in [-0.2, 0) is 0 Å². The zero-order chi connectivity index (χ0) is 21.8. The molecular formula is C24H17FN6S. The lowest BCUT2D eigenvalue weighted by Crippen LogP contribution is -1.91.